The second kappa shape index (κ2) is 13.8. The van der Waals surface area contributed by atoms with Crippen LogP contribution in [0.25, 0.3) is 0 Å². The van der Waals surface area contributed by atoms with E-state index in [1.54, 1.807) is 18.5 Å². The third-order valence-corrected chi connectivity index (χ3v) is 19.9. The first-order chi connectivity index (χ1) is 17.3. The molecule has 234 valence electrons. The number of halogens is 6. The number of ether oxygens (including phenoxy) is 1. The minimum absolute atomic E-state index is 0.0881. The van der Waals surface area contributed by atoms with Gasteiger partial charge in [-0.25, -0.2) is 26.3 Å². The first-order valence-corrected chi connectivity index (χ1v) is 19.0. The fourth-order valence-electron chi connectivity index (χ4n) is 3.53. The van der Waals surface area contributed by atoms with Gasteiger partial charge in [0.05, 0.1) is 19.3 Å². The highest BCUT2D eigenvalue weighted by Gasteiger charge is 2.72. The molecule has 0 heterocycles. The molecule has 1 aromatic carbocycles. The highest BCUT2D eigenvalue weighted by Crippen LogP contribution is 2.72. The molecule has 0 saturated heterocycles. The van der Waals surface area contributed by atoms with Crippen molar-refractivity contribution in [3.8, 4) is 0 Å². The molecule has 2 N–H and O–H groups in total. The quantitative estimate of drug-likeness (QED) is 0.141. The average molecular weight is 833 g/mol. The summed E-state index contributed by atoms with van der Waals surface area (Å²) in [5.74, 6) is -3.55. The molecule has 0 radical (unpaired) electrons. The van der Waals surface area contributed by atoms with Crippen LogP contribution < -0.4 is 5.73 Å². The predicted molar refractivity (Wildman–Crippen MR) is 211 cm³/mol. The number of anilines is 1. The lowest BCUT2D eigenvalue weighted by Gasteiger charge is -2.59. The number of benzene rings is 1. The monoisotopic (exact) mass is 833 g/mol. The molecule has 0 fully saturated rings. The zero-order valence-corrected chi connectivity index (χ0v) is 37.5. The number of nitrogen functional groups attached to an aromatic ring is 1. The van der Waals surface area contributed by atoms with Gasteiger partial charge in [0.2, 0.25) is 0 Å². The van der Waals surface area contributed by atoms with Crippen molar-refractivity contribution >= 4 is 135 Å². The Balaban J connectivity index is 3.62. The van der Waals surface area contributed by atoms with Crippen LogP contribution in [0.3, 0.4) is 0 Å². The molecule has 0 aromatic heterocycles. The van der Waals surface area contributed by atoms with Crippen molar-refractivity contribution in [1.29, 1.82) is 0 Å². The summed E-state index contributed by atoms with van der Waals surface area (Å²) < 4.78 is 100. The fraction of sp³-hybridized carbons (Fsp3) is 0.667. The van der Waals surface area contributed by atoms with Crippen molar-refractivity contribution in [2.45, 2.75) is 65.8 Å². The fourth-order valence-corrected chi connectivity index (χ4v) is 11.6. The van der Waals surface area contributed by atoms with Crippen molar-refractivity contribution in [2.75, 3.05) is 5.73 Å². The Labute approximate surface area is 266 Å². The predicted octanol–water partition coefficient (Wildman–Crippen LogP) is 6.97. The van der Waals surface area contributed by atoms with Gasteiger partial charge in [-0.05, 0) is 17.7 Å². The Morgan fingerprint density at radius 1 is 0.700 bits per heavy atom. The van der Waals surface area contributed by atoms with E-state index in [2.05, 4.69) is 46.2 Å². The molecule has 0 saturated carbocycles. The van der Waals surface area contributed by atoms with E-state index >= 15 is 17.6 Å². The highest BCUT2D eigenvalue weighted by molar-refractivity contribution is 7.59. The molecule has 40 heavy (non-hydrogen) atoms. The molecule has 1 aromatic rings. The van der Waals surface area contributed by atoms with E-state index in [1.807, 2.05) is 64.7 Å². The summed E-state index contributed by atoms with van der Waals surface area (Å²) in [7, 11) is 28.1. The van der Waals surface area contributed by atoms with Gasteiger partial charge in [-0.3, -0.25) is 0 Å². The molecule has 0 aliphatic rings. The van der Waals surface area contributed by atoms with E-state index in [0.717, 1.165) is 0 Å². The minimum Gasteiger partial charge on any atom is -0.399 e. The van der Waals surface area contributed by atoms with Crippen LogP contribution in [-0.4, -0.2) is 52.7 Å². The molecule has 0 aliphatic carbocycles. The first-order valence-electron chi connectivity index (χ1n) is 10.9. The molecule has 0 aliphatic heterocycles. The SMILES string of the molecule is CC(F)(F)C(P)(OC(P)(P)C(F)(P)C(P)(P)C(F)(P)C(P)(P)C(F)C(P)(P)C(F)c1ccc(N)cc1)C(P)(P)P. The zero-order chi connectivity index (χ0) is 32.3. The maximum atomic E-state index is 17.1. The molecular formula is C18H39F6NOP14. The molecule has 19 atom stereocenters. The van der Waals surface area contributed by atoms with Crippen molar-refractivity contribution in [3.63, 3.8) is 0 Å². The number of rotatable bonds is 12. The summed E-state index contributed by atoms with van der Waals surface area (Å²) in [4.78, 5) is -6.66. The van der Waals surface area contributed by atoms with Crippen molar-refractivity contribution in [3.05, 3.63) is 29.8 Å². The average Bonchev–Trinajstić information content (AvgIpc) is 2.76. The van der Waals surface area contributed by atoms with Gasteiger partial charge in [0.25, 0.3) is 5.92 Å². The number of hydrogen-bond donors (Lipinski definition) is 1. The van der Waals surface area contributed by atoms with Crippen molar-refractivity contribution in [2.24, 2.45) is 0 Å². The van der Waals surface area contributed by atoms with Crippen molar-refractivity contribution < 1.29 is 31.1 Å². The number of hydrogen-bond acceptors (Lipinski definition) is 2. The largest absolute Gasteiger partial charge is 0.399 e. The normalized spacial score (nSPS) is 20.7. The van der Waals surface area contributed by atoms with Gasteiger partial charge in [0, 0.05) is 12.6 Å². The van der Waals surface area contributed by atoms with Crippen LogP contribution in [0.4, 0.5) is 32.0 Å². The first kappa shape index (κ1) is 42.6. The lowest BCUT2D eigenvalue weighted by molar-refractivity contribution is -0.175. The van der Waals surface area contributed by atoms with Crippen LogP contribution in [0, 0.1) is 0 Å². The van der Waals surface area contributed by atoms with Crippen LogP contribution >= 0.6 is 129 Å². The Morgan fingerprint density at radius 3 is 1.45 bits per heavy atom. The third kappa shape index (κ3) is 7.89. The second-order valence-electron chi connectivity index (χ2n) is 10.1. The molecule has 2 nitrogen and oxygen atoms in total. The summed E-state index contributed by atoms with van der Waals surface area (Å²) in [6.45, 7) is 0.598. The third-order valence-electron chi connectivity index (χ3n) is 6.55. The van der Waals surface area contributed by atoms with Crippen LogP contribution in [0.15, 0.2) is 24.3 Å². The summed E-state index contributed by atoms with van der Waals surface area (Å²) in [5.41, 5.74) is 6.13. The van der Waals surface area contributed by atoms with E-state index in [9.17, 15) is 8.78 Å². The van der Waals surface area contributed by atoms with Gasteiger partial charge >= 0.3 is 0 Å². The van der Waals surface area contributed by atoms with Gasteiger partial charge in [0.1, 0.15) is 17.4 Å². The van der Waals surface area contributed by atoms with Crippen LogP contribution in [-0.2, 0) is 4.74 Å². The van der Waals surface area contributed by atoms with E-state index < -0.39 is 58.8 Å². The molecule has 0 amide bonds. The summed E-state index contributed by atoms with van der Waals surface area (Å²) in [6.07, 6.45) is -4.30. The maximum absolute atomic E-state index is 17.1. The second-order valence-corrected chi connectivity index (χ2v) is 27.5. The molecule has 22 heteroatoms. The molecular weight excluding hydrogens is 794 g/mol. The zero-order valence-electron chi connectivity index (χ0n) is 21.3. The smallest absolute Gasteiger partial charge is 0.278 e. The van der Waals surface area contributed by atoms with Gasteiger partial charge < -0.3 is 10.5 Å². The molecule has 19 unspecified atom stereocenters. The Bertz CT molecular complexity index is 1030. The summed E-state index contributed by atoms with van der Waals surface area (Å²) in [5, 5.41) is -10.7. The minimum atomic E-state index is -3.55. The topological polar surface area (TPSA) is 35.2 Å². The van der Waals surface area contributed by atoms with E-state index in [0.29, 0.717) is 12.6 Å². The Morgan fingerprint density at radius 2 is 1.10 bits per heavy atom. The van der Waals surface area contributed by atoms with E-state index in [1.165, 1.54) is 24.3 Å². The molecule has 1 rings (SSSR count). The Hall–Kier alpha value is 4.58. The number of alkyl halides is 6. The van der Waals surface area contributed by atoms with E-state index in [4.69, 9.17) is 10.5 Å². The number of nitrogens with two attached hydrogens (primary N) is 1. The van der Waals surface area contributed by atoms with Crippen molar-refractivity contribution in [1.82, 2.24) is 0 Å². The van der Waals surface area contributed by atoms with Gasteiger partial charge in [-0.2, -0.15) is 0 Å². The van der Waals surface area contributed by atoms with Crippen LogP contribution in [0.5, 0.6) is 0 Å². The van der Waals surface area contributed by atoms with Gasteiger partial charge in [-0.15, -0.1) is 83.2 Å². The van der Waals surface area contributed by atoms with Gasteiger partial charge in [0.15, 0.2) is 16.2 Å². The van der Waals surface area contributed by atoms with Crippen LogP contribution in [0.2, 0.25) is 0 Å². The molecule has 0 bridgehead atoms. The summed E-state index contributed by atoms with van der Waals surface area (Å²) in [6, 6.07) is 5.66. The highest BCUT2D eigenvalue weighted by atomic mass is 31.1. The van der Waals surface area contributed by atoms with Gasteiger partial charge in [-0.1, -0.05) is 58.3 Å². The van der Waals surface area contributed by atoms with E-state index in [-0.39, 0.29) is 5.56 Å². The molecule has 0 spiro atoms. The summed E-state index contributed by atoms with van der Waals surface area (Å²) >= 11 is 0. The Kier molecular flexibility index (Phi) is 14.7. The standard InChI is InChI=1S/C18H39F6NOP14/c1-10(21,22)15(33,18(38,39)40)26-17(36,37)14(24,32)16(34,35)13(23,31)12(29,30)9(20)11(27,28)8(19)6-2-4-7(25)5-3-6/h2-5,8-9H,25,27-40H2,1H3. The lowest BCUT2D eigenvalue weighted by atomic mass is 9.96. The lowest BCUT2D eigenvalue weighted by Crippen LogP contribution is -2.68. The van der Waals surface area contributed by atoms with Crippen LogP contribution in [0.1, 0.15) is 18.7 Å². The maximum Gasteiger partial charge on any atom is 0.278 e.